The fourth-order valence-electron chi connectivity index (χ4n) is 7.08. The Morgan fingerprint density at radius 2 is 1.40 bits per heavy atom. The summed E-state index contributed by atoms with van der Waals surface area (Å²) < 4.78 is 11.2. The van der Waals surface area contributed by atoms with Gasteiger partial charge >= 0.3 is 0 Å². The van der Waals surface area contributed by atoms with Crippen LogP contribution >= 0.6 is 0 Å². The van der Waals surface area contributed by atoms with E-state index in [1.54, 1.807) is 14.2 Å². The molecule has 0 fully saturated rings. The third kappa shape index (κ3) is 7.96. The van der Waals surface area contributed by atoms with Crippen molar-refractivity contribution in [3.63, 3.8) is 0 Å². The first kappa shape index (κ1) is 32.3. The number of aryl methyl sites for hydroxylation is 1. The monoisotopic (exact) mass is 604 g/mol. The third-order valence-corrected chi connectivity index (χ3v) is 9.60. The van der Waals surface area contributed by atoms with Crippen LogP contribution in [0.25, 0.3) is 0 Å². The summed E-state index contributed by atoms with van der Waals surface area (Å²) in [6.45, 7) is 5.04. The van der Waals surface area contributed by atoms with Crippen molar-refractivity contribution in [1.29, 1.82) is 0 Å². The van der Waals surface area contributed by atoms with Gasteiger partial charge in [-0.2, -0.15) is 0 Å². The quantitative estimate of drug-likeness (QED) is 0.140. The topological polar surface area (TPSA) is 50.8 Å². The summed E-state index contributed by atoms with van der Waals surface area (Å²) in [6.07, 6.45) is 6.27. The van der Waals surface area contributed by atoms with Crippen LogP contribution in [-0.2, 0) is 23.1 Å². The van der Waals surface area contributed by atoms with Crippen LogP contribution in [0, 0.1) is 0 Å². The Kier molecular flexibility index (Phi) is 11.3. The maximum absolute atomic E-state index is 12.7. The minimum atomic E-state index is -0.134. The highest BCUT2D eigenvalue weighted by molar-refractivity contribution is 5.76. The van der Waals surface area contributed by atoms with E-state index in [1.807, 2.05) is 18.2 Å². The molecule has 1 aliphatic heterocycles. The first-order chi connectivity index (χ1) is 22.0. The number of carbonyl (C=O) groups excluding carboxylic acids is 1. The Morgan fingerprint density at radius 1 is 0.822 bits per heavy atom. The number of nitrogens with one attached hydrogen (secondary N) is 1. The van der Waals surface area contributed by atoms with E-state index >= 15 is 0 Å². The Labute approximate surface area is 269 Å². The van der Waals surface area contributed by atoms with Gasteiger partial charge in [0.15, 0.2) is 11.5 Å². The van der Waals surface area contributed by atoms with Crippen molar-refractivity contribution in [2.45, 2.75) is 63.3 Å². The Balaban J connectivity index is 1.27. The predicted molar refractivity (Wildman–Crippen MR) is 183 cm³/mol. The van der Waals surface area contributed by atoms with Gasteiger partial charge in [0, 0.05) is 31.0 Å². The highest BCUT2D eigenvalue weighted by Crippen LogP contribution is 2.42. The molecule has 45 heavy (non-hydrogen) atoms. The van der Waals surface area contributed by atoms with E-state index in [9.17, 15) is 4.79 Å². The molecule has 1 N–H and O–H groups in total. The summed E-state index contributed by atoms with van der Waals surface area (Å²) >= 11 is 0. The smallest absolute Gasteiger partial charge is 0.220 e. The molecule has 1 atom stereocenters. The van der Waals surface area contributed by atoms with Crippen LogP contribution < -0.4 is 14.8 Å². The zero-order chi connectivity index (χ0) is 31.5. The Bertz CT molecular complexity index is 1450. The van der Waals surface area contributed by atoms with Crippen molar-refractivity contribution in [3.8, 4) is 11.5 Å². The molecule has 1 heterocycles. The zero-order valence-corrected chi connectivity index (χ0v) is 27.1. The molecule has 1 aliphatic rings. The third-order valence-electron chi connectivity index (χ3n) is 9.60. The minimum absolute atomic E-state index is 0.123. The number of hydrogen-bond donors (Lipinski definition) is 1. The van der Waals surface area contributed by atoms with Gasteiger partial charge in [0.25, 0.3) is 0 Å². The van der Waals surface area contributed by atoms with Gasteiger partial charge in [0.1, 0.15) is 0 Å². The van der Waals surface area contributed by atoms with Crippen molar-refractivity contribution in [2.24, 2.45) is 0 Å². The summed E-state index contributed by atoms with van der Waals surface area (Å²) in [4.78, 5) is 15.3. The van der Waals surface area contributed by atoms with E-state index in [4.69, 9.17) is 9.47 Å². The molecule has 0 radical (unpaired) electrons. The molecule has 0 saturated heterocycles. The molecule has 5 nitrogen and oxygen atoms in total. The van der Waals surface area contributed by atoms with E-state index in [1.165, 1.54) is 27.8 Å². The van der Waals surface area contributed by atoms with Gasteiger partial charge in [0.2, 0.25) is 5.91 Å². The Morgan fingerprint density at radius 3 is 2.02 bits per heavy atom. The van der Waals surface area contributed by atoms with Crippen LogP contribution in [0.5, 0.6) is 11.5 Å². The summed E-state index contributed by atoms with van der Waals surface area (Å²) in [6, 6.07) is 36.8. The van der Waals surface area contributed by atoms with E-state index in [0.29, 0.717) is 19.0 Å². The summed E-state index contributed by atoms with van der Waals surface area (Å²) in [7, 11) is 3.41. The second kappa shape index (κ2) is 15.8. The van der Waals surface area contributed by atoms with Crippen molar-refractivity contribution in [1.82, 2.24) is 10.2 Å². The van der Waals surface area contributed by atoms with Crippen LogP contribution in [-0.4, -0.2) is 44.7 Å². The first-order valence-electron chi connectivity index (χ1n) is 16.4. The number of rotatable bonds is 15. The van der Waals surface area contributed by atoms with Crippen molar-refractivity contribution in [2.75, 3.05) is 33.9 Å². The van der Waals surface area contributed by atoms with Crippen LogP contribution in [0.4, 0.5) is 0 Å². The van der Waals surface area contributed by atoms with Gasteiger partial charge < -0.3 is 14.8 Å². The van der Waals surface area contributed by atoms with Crippen LogP contribution in [0.3, 0.4) is 0 Å². The van der Waals surface area contributed by atoms with Crippen LogP contribution in [0.15, 0.2) is 103 Å². The number of carbonyl (C=O) groups is 1. The summed E-state index contributed by atoms with van der Waals surface area (Å²) in [5, 5.41) is 3.20. The molecule has 0 saturated carbocycles. The molecule has 1 unspecified atom stereocenters. The molecule has 236 valence electrons. The fraction of sp³-hybridized carbons (Fsp3) is 0.375. The number of amides is 1. The molecule has 0 aromatic heterocycles. The van der Waals surface area contributed by atoms with Gasteiger partial charge in [-0.3, -0.25) is 9.69 Å². The molecule has 4 aromatic carbocycles. The SMILES string of the molecule is COc1cc2c(cc1OC)C(C)N(CCCC(CCCNC(=O)CCc1ccccc1)(c1ccccc1)c1ccccc1)CC2. The average Bonchev–Trinajstić information content (AvgIpc) is 3.10. The highest BCUT2D eigenvalue weighted by atomic mass is 16.5. The summed E-state index contributed by atoms with van der Waals surface area (Å²) in [5.41, 5.74) is 6.45. The number of nitrogens with zero attached hydrogens (tertiary/aromatic N) is 1. The first-order valence-corrected chi connectivity index (χ1v) is 16.4. The lowest BCUT2D eigenvalue weighted by molar-refractivity contribution is -0.121. The molecule has 1 amide bonds. The maximum Gasteiger partial charge on any atom is 0.220 e. The van der Waals surface area contributed by atoms with Crippen LogP contribution in [0.1, 0.15) is 72.9 Å². The summed E-state index contributed by atoms with van der Waals surface area (Å²) in [5.74, 6) is 1.72. The number of hydrogen-bond acceptors (Lipinski definition) is 4. The van der Waals surface area contributed by atoms with Crippen molar-refractivity contribution in [3.05, 3.63) is 131 Å². The highest BCUT2D eigenvalue weighted by Gasteiger charge is 2.34. The molecule has 0 spiro atoms. The van der Waals surface area contributed by atoms with E-state index < -0.39 is 0 Å². The largest absolute Gasteiger partial charge is 0.493 e. The lowest BCUT2D eigenvalue weighted by Gasteiger charge is -2.39. The number of methoxy groups -OCH3 is 2. The van der Waals surface area contributed by atoms with Crippen molar-refractivity contribution >= 4 is 5.91 Å². The van der Waals surface area contributed by atoms with E-state index in [-0.39, 0.29) is 11.3 Å². The molecule has 0 bridgehead atoms. The van der Waals surface area contributed by atoms with Gasteiger partial charge in [-0.15, -0.1) is 0 Å². The molecular weight excluding hydrogens is 556 g/mol. The second-order valence-corrected chi connectivity index (χ2v) is 12.2. The van der Waals surface area contributed by atoms with E-state index in [2.05, 4.69) is 102 Å². The average molecular weight is 605 g/mol. The fourth-order valence-corrected chi connectivity index (χ4v) is 7.08. The molecule has 5 heteroatoms. The molecular formula is C40H48N2O3. The zero-order valence-electron chi connectivity index (χ0n) is 27.1. The van der Waals surface area contributed by atoms with Gasteiger partial charge in [-0.05, 0) is 91.9 Å². The number of benzene rings is 4. The predicted octanol–water partition coefficient (Wildman–Crippen LogP) is 7.92. The lowest BCUT2D eigenvalue weighted by atomic mass is 9.68. The minimum Gasteiger partial charge on any atom is -0.493 e. The van der Waals surface area contributed by atoms with Gasteiger partial charge in [-0.1, -0.05) is 91.0 Å². The molecule has 5 rings (SSSR count). The maximum atomic E-state index is 12.7. The van der Waals surface area contributed by atoms with Gasteiger partial charge in [0.05, 0.1) is 14.2 Å². The van der Waals surface area contributed by atoms with E-state index in [0.717, 1.165) is 63.1 Å². The number of fused-ring (bicyclic) bond motifs is 1. The van der Waals surface area contributed by atoms with Crippen LogP contribution in [0.2, 0.25) is 0 Å². The van der Waals surface area contributed by atoms with Gasteiger partial charge in [-0.25, -0.2) is 0 Å². The lowest BCUT2D eigenvalue weighted by Crippen LogP contribution is -2.36. The standard InChI is InChI=1S/C40H48N2O3/c1-31-36-30-38(45-3)37(44-2)29-33(36)23-28-42(31)27-14-25-40(34-17-9-5-10-18-34,35-19-11-6-12-20-35)24-13-26-41-39(43)22-21-32-15-7-4-8-16-32/h4-12,15-20,29-31H,13-14,21-28H2,1-3H3,(H,41,43). The van der Waals surface area contributed by atoms with Crippen molar-refractivity contribution < 1.29 is 14.3 Å². The normalized spacial score (nSPS) is 14.9. The Hall–Kier alpha value is -4.09. The second-order valence-electron chi connectivity index (χ2n) is 12.2. The molecule has 4 aromatic rings. The number of ether oxygens (including phenoxy) is 2. The molecule has 0 aliphatic carbocycles.